The molecule has 0 aromatic heterocycles. The zero-order valence-corrected chi connectivity index (χ0v) is 11.4. The van der Waals surface area contributed by atoms with Crippen LogP contribution < -0.4 is 0 Å². The van der Waals surface area contributed by atoms with Crippen molar-refractivity contribution in [3.8, 4) is 0 Å². The summed E-state index contributed by atoms with van der Waals surface area (Å²) in [5.74, 6) is -2.68. The minimum Gasteiger partial charge on any atom is -0.204 e. The van der Waals surface area contributed by atoms with E-state index in [0.29, 0.717) is 10.3 Å². The van der Waals surface area contributed by atoms with Crippen LogP contribution in [0.3, 0.4) is 0 Å². The van der Waals surface area contributed by atoms with E-state index < -0.39 is 5.91 Å². The number of nitrogens with zero attached hydrogens (tertiary/aromatic N) is 2. The van der Waals surface area contributed by atoms with Crippen LogP contribution in [0.15, 0.2) is 20.2 Å². The first-order valence-electron chi connectivity index (χ1n) is 4.12. The van der Waals surface area contributed by atoms with Crippen LogP contribution in [0, 0.1) is 0 Å². The Morgan fingerprint density at radius 2 is 1.93 bits per heavy atom. The molecule has 1 rings (SSSR count). The van der Waals surface area contributed by atoms with Gasteiger partial charge in [-0.3, -0.25) is 0 Å². The lowest BCUT2D eigenvalue weighted by molar-refractivity contribution is 0.801. The number of hydrogen-bond acceptors (Lipinski definition) is 2. The van der Waals surface area contributed by atoms with Gasteiger partial charge in [-0.05, 0) is 35.3 Å². The Morgan fingerprint density at radius 3 is 2.43 bits per heavy atom. The normalized spacial score (nSPS) is 20.5. The first kappa shape index (κ1) is 12.9. The summed E-state index contributed by atoms with van der Waals surface area (Å²) in [6.07, 6.45) is 2.80. The third-order valence-electron chi connectivity index (χ3n) is 1.69. The molecule has 0 atom stereocenters. The molecule has 0 aliphatic carbocycles. The van der Waals surface area contributed by atoms with E-state index in [1.54, 1.807) is 0 Å². The predicted octanol–water partition coefficient (Wildman–Crippen LogP) is 5.70. The third kappa shape index (κ3) is 3.43. The Labute approximate surface area is 103 Å². The Morgan fingerprint density at radius 1 is 1.29 bits per heavy atom. The van der Waals surface area contributed by atoms with Crippen LogP contribution in [0.25, 0.3) is 0 Å². The summed E-state index contributed by atoms with van der Waals surface area (Å²) in [6, 6.07) is 0. The molecule has 0 aromatic rings. The third-order valence-corrected chi connectivity index (χ3v) is 4.34. The number of rotatable bonds is 3. The molecule has 0 aromatic carbocycles. The van der Waals surface area contributed by atoms with Crippen molar-refractivity contribution in [2.75, 3.05) is 0 Å². The maximum Gasteiger partial charge on any atom is 0.255 e. The minimum atomic E-state index is -2.68. The highest BCUT2D eigenvalue weighted by atomic mass is 35.9. The lowest BCUT2D eigenvalue weighted by Gasteiger charge is -2.13. The Bertz CT molecular complexity index is 342. The summed E-state index contributed by atoms with van der Waals surface area (Å²) < 4.78 is 7.83. The first-order valence-corrected chi connectivity index (χ1v) is 8.38. The minimum absolute atomic E-state index is 0.303. The fourth-order valence-electron chi connectivity index (χ4n) is 0.999. The van der Waals surface area contributed by atoms with E-state index >= 15 is 0 Å². The number of allylic oxidation sites excluding steroid dienone is 1. The highest BCUT2D eigenvalue weighted by Crippen LogP contribution is 2.65. The van der Waals surface area contributed by atoms with Crippen LogP contribution in [-0.4, -0.2) is 5.17 Å². The van der Waals surface area contributed by atoms with Crippen LogP contribution in [-0.2, 0) is 0 Å². The molecule has 0 N–H and O–H groups in total. The fraction of sp³-hybridized carbons (Fsp3) is 0.571. The maximum absolute atomic E-state index is 5.90. The summed E-state index contributed by atoms with van der Waals surface area (Å²) in [5.41, 5.74) is 0.743. The average molecular weight is 294 g/mol. The average Bonchev–Trinajstić information content (AvgIpc) is 2.00. The van der Waals surface area contributed by atoms with Crippen molar-refractivity contribution in [3.63, 3.8) is 0 Å². The van der Waals surface area contributed by atoms with Crippen molar-refractivity contribution in [2.45, 2.75) is 26.2 Å². The molecule has 80 valence electrons. The molecule has 0 radical (unpaired) electrons. The zero-order valence-electron chi connectivity index (χ0n) is 7.47. The molecule has 2 nitrogen and oxygen atoms in total. The smallest absolute Gasteiger partial charge is 0.204 e. The molecule has 0 saturated carbocycles. The largest absolute Gasteiger partial charge is 0.255 e. The lowest BCUT2D eigenvalue weighted by Crippen LogP contribution is -1.99. The molecule has 0 fully saturated rings. The molecule has 0 saturated heterocycles. The second kappa shape index (κ2) is 5.23. The molecule has 1 aliphatic rings. The van der Waals surface area contributed by atoms with Crippen LogP contribution in [0.2, 0.25) is 0 Å². The quantitative estimate of drug-likeness (QED) is 0.471. The van der Waals surface area contributed by atoms with Gasteiger partial charge in [0.25, 0.3) is 5.91 Å². The Kier molecular flexibility index (Phi) is 4.80. The van der Waals surface area contributed by atoms with E-state index in [0.717, 1.165) is 24.8 Å². The molecular formula is C7H9Cl4N2P. The van der Waals surface area contributed by atoms with Crippen LogP contribution in [0.1, 0.15) is 26.2 Å². The summed E-state index contributed by atoms with van der Waals surface area (Å²) in [5, 5.41) is 0.605. The molecule has 0 bridgehead atoms. The molecule has 7 heteroatoms. The van der Waals surface area contributed by atoms with Gasteiger partial charge in [0.05, 0.1) is 0 Å². The first-order chi connectivity index (χ1) is 6.46. The summed E-state index contributed by atoms with van der Waals surface area (Å²) in [4.78, 5) is 0. The van der Waals surface area contributed by atoms with Gasteiger partial charge < -0.3 is 0 Å². The number of hydrogen-bond donors (Lipinski definition) is 0. The molecular weight excluding hydrogens is 285 g/mol. The SMILES string of the molecule is CCCCC1=C(Cl)N=P(Cl)(Cl)N=C1Cl. The Balaban J connectivity index is 2.96. The van der Waals surface area contributed by atoms with Gasteiger partial charge in [-0.15, -0.1) is 0 Å². The van der Waals surface area contributed by atoms with E-state index in [1.165, 1.54) is 0 Å². The second-order valence-corrected chi connectivity index (χ2v) is 8.19. The van der Waals surface area contributed by atoms with Gasteiger partial charge in [0.1, 0.15) is 10.3 Å². The lowest BCUT2D eigenvalue weighted by atomic mass is 10.1. The highest BCUT2D eigenvalue weighted by molar-refractivity contribution is 8.09. The molecule has 14 heavy (non-hydrogen) atoms. The van der Waals surface area contributed by atoms with Crippen molar-refractivity contribution in [2.24, 2.45) is 9.51 Å². The van der Waals surface area contributed by atoms with Gasteiger partial charge in [-0.1, -0.05) is 36.5 Å². The molecule has 0 spiro atoms. The molecule has 1 heterocycles. The van der Waals surface area contributed by atoms with Crippen molar-refractivity contribution in [3.05, 3.63) is 10.7 Å². The summed E-state index contributed by atoms with van der Waals surface area (Å²) in [6.45, 7) is 2.08. The van der Waals surface area contributed by atoms with E-state index in [1.807, 2.05) is 0 Å². The Hall–Kier alpha value is 0.800. The van der Waals surface area contributed by atoms with E-state index in [2.05, 4.69) is 16.4 Å². The van der Waals surface area contributed by atoms with Gasteiger partial charge in [0.15, 0.2) is 0 Å². The van der Waals surface area contributed by atoms with Crippen molar-refractivity contribution in [1.29, 1.82) is 0 Å². The van der Waals surface area contributed by atoms with Crippen LogP contribution >= 0.6 is 51.6 Å². The highest BCUT2D eigenvalue weighted by Gasteiger charge is 2.22. The van der Waals surface area contributed by atoms with Crippen molar-refractivity contribution in [1.82, 2.24) is 0 Å². The van der Waals surface area contributed by atoms with E-state index in [9.17, 15) is 0 Å². The van der Waals surface area contributed by atoms with Gasteiger partial charge in [-0.2, -0.15) is 0 Å². The van der Waals surface area contributed by atoms with Crippen molar-refractivity contribution < 1.29 is 0 Å². The fourth-order valence-corrected chi connectivity index (χ4v) is 4.15. The predicted molar refractivity (Wildman–Crippen MR) is 66.7 cm³/mol. The molecule has 0 amide bonds. The standard InChI is InChI=1S/C7H9Cl4N2P/c1-2-3-4-5-6(8)12-14(10,11)13-7(5)9/h2-4H2,1H3. The molecule has 0 unspecified atom stereocenters. The summed E-state index contributed by atoms with van der Waals surface area (Å²) in [7, 11) is 0. The van der Waals surface area contributed by atoms with E-state index in [-0.39, 0.29) is 0 Å². The number of unbranched alkanes of at least 4 members (excludes halogenated alkanes) is 1. The zero-order chi connectivity index (χ0) is 10.8. The number of halogens is 4. The van der Waals surface area contributed by atoms with Crippen LogP contribution in [0.5, 0.6) is 0 Å². The van der Waals surface area contributed by atoms with E-state index in [4.69, 9.17) is 45.7 Å². The van der Waals surface area contributed by atoms with Gasteiger partial charge in [-0.25, -0.2) is 9.51 Å². The van der Waals surface area contributed by atoms with Gasteiger partial charge >= 0.3 is 0 Å². The molecule has 1 aliphatic heterocycles. The van der Waals surface area contributed by atoms with Gasteiger partial charge in [0.2, 0.25) is 0 Å². The maximum atomic E-state index is 5.90. The second-order valence-electron chi connectivity index (χ2n) is 2.82. The van der Waals surface area contributed by atoms with Gasteiger partial charge in [0, 0.05) is 5.57 Å². The summed E-state index contributed by atoms with van der Waals surface area (Å²) >= 11 is 23.4. The monoisotopic (exact) mass is 292 g/mol. The topological polar surface area (TPSA) is 24.7 Å². The van der Waals surface area contributed by atoms with Crippen molar-refractivity contribution >= 4 is 56.8 Å². The van der Waals surface area contributed by atoms with Crippen LogP contribution in [0.4, 0.5) is 0 Å².